The number of amides is 1. The van der Waals surface area contributed by atoms with E-state index in [2.05, 4.69) is 20.5 Å². The second kappa shape index (κ2) is 7.33. The molecule has 3 rings (SSSR count). The molecular weight excluding hydrogens is 344 g/mol. The molecular formula is C16H14N4O2S2. The van der Waals surface area contributed by atoms with Gasteiger partial charge in [0.1, 0.15) is 15.8 Å². The minimum absolute atomic E-state index is 0.259. The van der Waals surface area contributed by atoms with E-state index in [1.807, 2.05) is 36.6 Å². The van der Waals surface area contributed by atoms with Gasteiger partial charge in [0, 0.05) is 17.0 Å². The van der Waals surface area contributed by atoms with E-state index in [1.54, 1.807) is 13.2 Å². The van der Waals surface area contributed by atoms with E-state index < -0.39 is 0 Å². The van der Waals surface area contributed by atoms with Crippen molar-refractivity contribution in [3.05, 3.63) is 46.4 Å². The standard InChI is InChI=1S/C16H14N4O2S2/c1-10-19-20-16(24-10)18-14(21)8-5-12-9-23-15(17-12)11-3-6-13(22-2)7-4-11/h3-9H,1-2H3,(H,18,20,21)/b8-5+. The van der Waals surface area contributed by atoms with E-state index in [9.17, 15) is 4.79 Å². The Kier molecular flexibility index (Phi) is 4.97. The van der Waals surface area contributed by atoms with Crippen molar-refractivity contribution in [3.8, 4) is 16.3 Å². The molecule has 0 saturated heterocycles. The van der Waals surface area contributed by atoms with Crippen LogP contribution in [0.3, 0.4) is 0 Å². The fraction of sp³-hybridized carbons (Fsp3) is 0.125. The number of carbonyl (C=O) groups is 1. The lowest BCUT2D eigenvalue weighted by Gasteiger charge is -1.99. The summed E-state index contributed by atoms with van der Waals surface area (Å²) in [6, 6.07) is 7.69. The number of rotatable bonds is 5. The van der Waals surface area contributed by atoms with Gasteiger partial charge in [-0.3, -0.25) is 10.1 Å². The summed E-state index contributed by atoms with van der Waals surface area (Å²) in [5, 5.41) is 14.4. The number of aryl methyl sites for hydroxylation is 1. The Morgan fingerprint density at radius 1 is 1.25 bits per heavy atom. The fourth-order valence-corrected chi connectivity index (χ4v) is 3.27. The largest absolute Gasteiger partial charge is 0.497 e. The molecule has 0 aliphatic rings. The van der Waals surface area contributed by atoms with Crippen molar-refractivity contribution < 1.29 is 9.53 Å². The van der Waals surface area contributed by atoms with Gasteiger partial charge in [-0.2, -0.15) is 0 Å². The maximum atomic E-state index is 11.8. The van der Waals surface area contributed by atoms with Gasteiger partial charge in [-0.25, -0.2) is 4.98 Å². The molecule has 2 heterocycles. The van der Waals surface area contributed by atoms with Crippen LogP contribution in [0.5, 0.6) is 5.75 Å². The van der Waals surface area contributed by atoms with Crippen molar-refractivity contribution in [1.29, 1.82) is 0 Å². The summed E-state index contributed by atoms with van der Waals surface area (Å²) >= 11 is 2.85. The van der Waals surface area contributed by atoms with Crippen molar-refractivity contribution >= 4 is 39.8 Å². The average molecular weight is 358 g/mol. The summed E-state index contributed by atoms with van der Waals surface area (Å²) in [4.78, 5) is 16.3. The molecule has 1 aromatic carbocycles. The van der Waals surface area contributed by atoms with Crippen LogP contribution in [0.1, 0.15) is 10.7 Å². The molecule has 0 radical (unpaired) electrons. The summed E-state index contributed by atoms with van der Waals surface area (Å²) < 4.78 is 5.14. The quantitative estimate of drug-likeness (QED) is 0.705. The zero-order valence-corrected chi connectivity index (χ0v) is 14.6. The molecule has 1 N–H and O–H groups in total. The van der Waals surface area contributed by atoms with Crippen LogP contribution in [0.25, 0.3) is 16.6 Å². The zero-order chi connectivity index (χ0) is 16.9. The van der Waals surface area contributed by atoms with Gasteiger partial charge in [0.2, 0.25) is 11.0 Å². The number of anilines is 1. The van der Waals surface area contributed by atoms with Gasteiger partial charge >= 0.3 is 0 Å². The minimum atomic E-state index is -0.259. The van der Waals surface area contributed by atoms with Crippen LogP contribution in [0.15, 0.2) is 35.7 Å². The van der Waals surface area contributed by atoms with Crippen LogP contribution in [-0.4, -0.2) is 28.2 Å². The molecule has 2 aromatic heterocycles. The highest BCUT2D eigenvalue weighted by Crippen LogP contribution is 2.26. The van der Waals surface area contributed by atoms with Gasteiger partial charge < -0.3 is 4.74 Å². The van der Waals surface area contributed by atoms with Crippen molar-refractivity contribution in [2.45, 2.75) is 6.92 Å². The Bertz CT molecular complexity index is 868. The third kappa shape index (κ3) is 4.03. The highest BCUT2D eigenvalue weighted by atomic mass is 32.1. The smallest absolute Gasteiger partial charge is 0.250 e. The summed E-state index contributed by atoms with van der Waals surface area (Å²) in [7, 11) is 1.63. The summed E-state index contributed by atoms with van der Waals surface area (Å²) in [5.41, 5.74) is 1.74. The number of carbonyl (C=O) groups excluding carboxylic acids is 1. The summed E-state index contributed by atoms with van der Waals surface area (Å²) in [5.74, 6) is 0.546. The Hall–Kier alpha value is -2.58. The van der Waals surface area contributed by atoms with Crippen molar-refractivity contribution in [3.63, 3.8) is 0 Å². The van der Waals surface area contributed by atoms with Crippen LogP contribution in [0.4, 0.5) is 5.13 Å². The highest BCUT2D eigenvalue weighted by molar-refractivity contribution is 7.15. The number of hydrogen-bond acceptors (Lipinski definition) is 7. The highest BCUT2D eigenvalue weighted by Gasteiger charge is 2.05. The Balaban J connectivity index is 1.65. The Morgan fingerprint density at radius 3 is 2.71 bits per heavy atom. The third-order valence-electron chi connectivity index (χ3n) is 3.02. The Labute approximate surface area is 146 Å². The first-order valence-corrected chi connectivity index (χ1v) is 8.73. The maximum Gasteiger partial charge on any atom is 0.250 e. The fourth-order valence-electron chi connectivity index (χ4n) is 1.88. The predicted molar refractivity (Wildman–Crippen MR) is 96.4 cm³/mol. The predicted octanol–water partition coefficient (Wildman–Crippen LogP) is 3.63. The van der Waals surface area contributed by atoms with Crippen LogP contribution in [0.2, 0.25) is 0 Å². The number of thiazole rings is 1. The molecule has 0 saturated carbocycles. The van der Waals surface area contributed by atoms with Crippen LogP contribution >= 0.6 is 22.7 Å². The number of nitrogens with one attached hydrogen (secondary N) is 1. The Morgan fingerprint density at radius 2 is 2.04 bits per heavy atom. The number of methoxy groups -OCH3 is 1. The number of ether oxygens (including phenoxy) is 1. The number of benzene rings is 1. The number of aromatic nitrogens is 3. The topological polar surface area (TPSA) is 77.0 Å². The van der Waals surface area contributed by atoms with Crippen molar-refractivity contribution in [2.24, 2.45) is 0 Å². The molecule has 8 heteroatoms. The van der Waals surface area contributed by atoms with E-state index in [0.29, 0.717) is 5.13 Å². The first-order chi connectivity index (χ1) is 11.6. The molecule has 3 aromatic rings. The summed E-state index contributed by atoms with van der Waals surface area (Å²) in [6.07, 6.45) is 3.11. The van der Waals surface area contributed by atoms with Gasteiger partial charge in [0.25, 0.3) is 0 Å². The molecule has 24 heavy (non-hydrogen) atoms. The third-order valence-corrected chi connectivity index (χ3v) is 4.68. The second-order valence-corrected chi connectivity index (χ2v) is 6.79. The molecule has 0 fully saturated rings. The van der Waals surface area contributed by atoms with Gasteiger partial charge in [0.05, 0.1) is 12.8 Å². The molecule has 0 unspecified atom stereocenters. The van der Waals surface area contributed by atoms with E-state index in [1.165, 1.54) is 28.7 Å². The van der Waals surface area contributed by atoms with Gasteiger partial charge in [-0.15, -0.1) is 21.5 Å². The van der Waals surface area contributed by atoms with Gasteiger partial charge in [-0.05, 0) is 37.3 Å². The van der Waals surface area contributed by atoms with E-state index in [0.717, 1.165) is 27.0 Å². The van der Waals surface area contributed by atoms with E-state index in [-0.39, 0.29) is 5.91 Å². The monoisotopic (exact) mass is 358 g/mol. The zero-order valence-electron chi connectivity index (χ0n) is 13.0. The number of hydrogen-bond donors (Lipinski definition) is 1. The number of nitrogens with zero attached hydrogens (tertiary/aromatic N) is 3. The van der Waals surface area contributed by atoms with Crippen molar-refractivity contribution in [2.75, 3.05) is 12.4 Å². The molecule has 0 atom stereocenters. The van der Waals surface area contributed by atoms with E-state index in [4.69, 9.17) is 4.74 Å². The minimum Gasteiger partial charge on any atom is -0.497 e. The molecule has 1 amide bonds. The first kappa shape index (κ1) is 16.3. The van der Waals surface area contributed by atoms with Gasteiger partial charge in [0.15, 0.2) is 0 Å². The SMILES string of the molecule is COc1ccc(-c2nc(/C=C/C(=O)Nc3nnc(C)s3)cs2)cc1. The van der Waals surface area contributed by atoms with Crippen LogP contribution in [-0.2, 0) is 4.79 Å². The molecule has 6 nitrogen and oxygen atoms in total. The average Bonchev–Trinajstić information content (AvgIpc) is 3.22. The molecule has 0 bridgehead atoms. The summed E-state index contributed by atoms with van der Waals surface area (Å²) in [6.45, 7) is 1.83. The van der Waals surface area contributed by atoms with E-state index >= 15 is 0 Å². The lowest BCUT2D eigenvalue weighted by Crippen LogP contribution is -2.07. The van der Waals surface area contributed by atoms with Gasteiger partial charge in [-0.1, -0.05) is 11.3 Å². The molecule has 0 aliphatic heterocycles. The van der Waals surface area contributed by atoms with Crippen LogP contribution in [0, 0.1) is 6.92 Å². The first-order valence-electron chi connectivity index (χ1n) is 7.03. The lowest BCUT2D eigenvalue weighted by atomic mass is 10.2. The second-order valence-electron chi connectivity index (χ2n) is 4.75. The lowest BCUT2D eigenvalue weighted by molar-refractivity contribution is -0.111. The molecule has 122 valence electrons. The van der Waals surface area contributed by atoms with Crippen LogP contribution < -0.4 is 10.1 Å². The molecule has 0 spiro atoms. The van der Waals surface area contributed by atoms with Crippen molar-refractivity contribution in [1.82, 2.24) is 15.2 Å². The molecule has 0 aliphatic carbocycles. The maximum absolute atomic E-state index is 11.8. The normalized spacial score (nSPS) is 10.9.